The Labute approximate surface area is 143 Å². The van der Waals surface area contributed by atoms with Gasteiger partial charge in [0, 0.05) is 38.8 Å². The third-order valence-electron chi connectivity index (χ3n) is 4.26. The molecule has 8 nitrogen and oxygen atoms in total. The Balaban J connectivity index is 2.98. The number of Topliss-reactive ketones (excluding diaryl/α,β-unsaturated/α-hetero) is 1. The largest absolute Gasteiger partial charge is 0.480 e. The minimum Gasteiger partial charge on any atom is -0.480 e. The van der Waals surface area contributed by atoms with E-state index in [0.717, 1.165) is 0 Å². The van der Waals surface area contributed by atoms with Crippen LogP contribution in [0, 0.1) is 5.92 Å². The van der Waals surface area contributed by atoms with Crippen molar-refractivity contribution in [3.63, 3.8) is 0 Å². The minimum atomic E-state index is -0.905. The second kappa shape index (κ2) is 9.71. The molecule has 0 aromatic carbocycles. The molecule has 0 aromatic rings. The molecular weight excluding hydrogens is 314 g/mol. The van der Waals surface area contributed by atoms with E-state index in [0.29, 0.717) is 39.3 Å². The maximum absolute atomic E-state index is 11.6. The summed E-state index contributed by atoms with van der Waals surface area (Å²) in [6.07, 6.45) is 0. The molecule has 1 unspecified atom stereocenters. The van der Waals surface area contributed by atoms with Gasteiger partial charge in [-0.2, -0.15) is 0 Å². The van der Waals surface area contributed by atoms with Crippen LogP contribution >= 0.6 is 0 Å². The zero-order valence-corrected chi connectivity index (χ0v) is 14.8. The Morgan fingerprint density at radius 1 is 0.917 bits per heavy atom. The third-order valence-corrected chi connectivity index (χ3v) is 4.26. The van der Waals surface area contributed by atoms with Crippen LogP contribution in [0.25, 0.3) is 0 Å². The molecular formula is C16H29N3O5. The van der Waals surface area contributed by atoms with E-state index >= 15 is 0 Å². The van der Waals surface area contributed by atoms with Crippen molar-refractivity contribution in [3.8, 4) is 0 Å². The first kappa shape index (κ1) is 20.5. The van der Waals surface area contributed by atoms with Gasteiger partial charge in [-0.3, -0.25) is 29.1 Å². The fraction of sp³-hybridized carbons (Fsp3) is 0.812. The van der Waals surface area contributed by atoms with Crippen molar-refractivity contribution in [3.05, 3.63) is 0 Å². The van der Waals surface area contributed by atoms with Crippen LogP contribution in [0.5, 0.6) is 0 Å². The second-order valence-electron chi connectivity index (χ2n) is 6.78. The Morgan fingerprint density at radius 2 is 1.42 bits per heavy atom. The van der Waals surface area contributed by atoms with Crippen LogP contribution in [-0.2, 0) is 14.4 Å². The lowest BCUT2D eigenvalue weighted by Gasteiger charge is -2.36. The number of carboxylic acids is 2. The maximum Gasteiger partial charge on any atom is 0.317 e. The predicted molar refractivity (Wildman–Crippen MR) is 89.0 cm³/mol. The lowest BCUT2D eigenvalue weighted by atomic mass is 10.0. The van der Waals surface area contributed by atoms with Gasteiger partial charge in [-0.25, -0.2) is 0 Å². The molecule has 24 heavy (non-hydrogen) atoms. The van der Waals surface area contributed by atoms with Gasteiger partial charge in [0.05, 0.1) is 19.6 Å². The molecule has 0 spiro atoms. The van der Waals surface area contributed by atoms with Crippen LogP contribution in [0.3, 0.4) is 0 Å². The lowest BCUT2D eigenvalue weighted by Crippen LogP contribution is -2.50. The molecule has 0 aliphatic carbocycles. The summed E-state index contributed by atoms with van der Waals surface area (Å²) >= 11 is 0. The monoisotopic (exact) mass is 343 g/mol. The standard InChI is InChI=1S/C16H29N3O5/c1-12(2)14-9-18(11-16(23)24)5-4-17(10-15(21)22)6-7-19(14)8-13(3)20/h12,14H,4-11H2,1-3H3,(H,21,22)(H,23,24). The molecule has 1 heterocycles. The number of rotatable bonds is 7. The van der Waals surface area contributed by atoms with Gasteiger partial charge in [0.25, 0.3) is 0 Å². The SMILES string of the molecule is CC(=O)CN1CCN(CC(=O)O)CCN(CC(=O)O)CC1C(C)C. The summed E-state index contributed by atoms with van der Waals surface area (Å²) in [6, 6.07) is 0.0537. The Morgan fingerprint density at radius 3 is 1.92 bits per heavy atom. The molecule has 1 saturated heterocycles. The van der Waals surface area contributed by atoms with E-state index in [1.54, 1.807) is 4.90 Å². The average molecular weight is 343 g/mol. The topological polar surface area (TPSA) is 101 Å². The first-order valence-electron chi connectivity index (χ1n) is 8.30. The van der Waals surface area contributed by atoms with Crippen LogP contribution in [-0.4, -0.2) is 101 Å². The molecule has 1 fully saturated rings. The summed E-state index contributed by atoms with van der Waals surface area (Å²) < 4.78 is 0. The van der Waals surface area contributed by atoms with Crippen LogP contribution < -0.4 is 0 Å². The number of aliphatic carboxylic acids is 2. The van der Waals surface area contributed by atoms with Gasteiger partial charge >= 0.3 is 11.9 Å². The van der Waals surface area contributed by atoms with Crippen LogP contribution in [0.2, 0.25) is 0 Å². The average Bonchev–Trinajstić information content (AvgIpc) is 2.50. The smallest absolute Gasteiger partial charge is 0.317 e. The van der Waals surface area contributed by atoms with Crippen molar-refractivity contribution in [2.75, 3.05) is 52.4 Å². The molecule has 0 aromatic heterocycles. The number of carboxylic acid groups (broad SMARTS) is 2. The Hall–Kier alpha value is -1.51. The molecule has 0 saturated carbocycles. The van der Waals surface area contributed by atoms with Crippen molar-refractivity contribution < 1.29 is 24.6 Å². The predicted octanol–water partition coefficient (Wildman–Crippen LogP) is -0.311. The molecule has 138 valence electrons. The fourth-order valence-corrected chi connectivity index (χ4v) is 3.10. The van der Waals surface area contributed by atoms with Crippen LogP contribution in [0.1, 0.15) is 20.8 Å². The Kier molecular flexibility index (Phi) is 8.30. The molecule has 8 heteroatoms. The molecule has 0 radical (unpaired) electrons. The zero-order valence-electron chi connectivity index (χ0n) is 14.8. The summed E-state index contributed by atoms with van der Waals surface area (Å²) in [6.45, 7) is 8.47. The van der Waals surface area contributed by atoms with Crippen molar-refractivity contribution >= 4 is 17.7 Å². The number of carbonyl (C=O) groups is 3. The molecule has 1 rings (SSSR count). The second-order valence-corrected chi connectivity index (χ2v) is 6.78. The highest BCUT2D eigenvalue weighted by molar-refractivity contribution is 5.77. The summed E-state index contributed by atoms with van der Waals surface area (Å²) in [4.78, 5) is 39.5. The normalized spacial score (nSPS) is 21.9. The third kappa shape index (κ3) is 7.37. The number of hydrogen-bond acceptors (Lipinski definition) is 6. The molecule has 0 bridgehead atoms. The van der Waals surface area contributed by atoms with Gasteiger partial charge in [0.2, 0.25) is 0 Å². The van der Waals surface area contributed by atoms with Gasteiger partial charge in [-0.1, -0.05) is 13.8 Å². The molecule has 1 aliphatic rings. The number of carbonyl (C=O) groups excluding carboxylic acids is 1. The van der Waals surface area contributed by atoms with E-state index in [9.17, 15) is 14.4 Å². The van der Waals surface area contributed by atoms with E-state index in [4.69, 9.17) is 10.2 Å². The number of nitrogens with zero attached hydrogens (tertiary/aromatic N) is 3. The van der Waals surface area contributed by atoms with Crippen LogP contribution in [0.4, 0.5) is 0 Å². The van der Waals surface area contributed by atoms with Crippen molar-refractivity contribution in [1.29, 1.82) is 0 Å². The van der Waals surface area contributed by atoms with E-state index in [1.165, 1.54) is 6.92 Å². The van der Waals surface area contributed by atoms with E-state index in [1.807, 2.05) is 4.90 Å². The van der Waals surface area contributed by atoms with Gasteiger partial charge in [0.15, 0.2) is 0 Å². The molecule has 1 aliphatic heterocycles. The minimum absolute atomic E-state index is 0.0504. The molecule has 0 amide bonds. The van der Waals surface area contributed by atoms with Crippen LogP contribution in [0.15, 0.2) is 0 Å². The summed E-state index contributed by atoms with van der Waals surface area (Å²) in [5, 5.41) is 18.2. The lowest BCUT2D eigenvalue weighted by molar-refractivity contribution is -0.140. The highest BCUT2D eigenvalue weighted by Crippen LogP contribution is 2.15. The van der Waals surface area contributed by atoms with Crippen molar-refractivity contribution in [2.45, 2.75) is 26.8 Å². The summed E-state index contributed by atoms with van der Waals surface area (Å²) in [5.41, 5.74) is 0. The van der Waals surface area contributed by atoms with Gasteiger partial charge < -0.3 is 10.2 Å². The van der Waals surface area contributed by atoms with Gasteiger partial charge in [0.1, 0.15) is 5.78 Å². The van der Waals surface area contributed by atoms with Gasteiger partial charge in [-0.05, 0) is 12.8 Å². The van der Waals surface area contributed by atoms with E-state index in [-0.39, 0.29) is 30.8 Å². The highest BCUT2D eigenvalue weighted by atomic mass is 16.4. The van der Waals surface area contributed by atoms with E-state index < -0.39 is 11.9 Å². The number of hydrogen-bond donors (Lipinski definition) is 2. The van der Waals surface area contributed by atoms with Crippen molar-refractivity contribution in [2.24, 2.45) is 5.92 Å². The fourth-order valence-electron chi connectivity index (χ4n) is 3.10. The summed E-state index contributed by atoms with van der Waals surface area (Å²) in [7, 11) is 0. The Bertz CT molecular complexity index is 455. The quantitative estimate of drug-likeness (QED) is 0.649. The van der Waals surface area contributed by atoms with E-state index in [2.05, 4.69) is 18.7 Å². The number of ketones is 1. The zero-order chi connectivity index (χ0) is 18.3. The van der Waals surface area contributed by atoms with Gasteiger partial charge in [-0.15, -0.1) is 0 Å². The van der Waals surface area contributed by atoms with Crippen molar-refractivity contribution in [1.82, 2.24) is 14.7 Å². The summed E-state index contributed by atoms with van der Waals surface area (Å²) in [5.74, 6) is -1.50. The first-order chi connectivity index (χ1) is 11.2. The first-order valence-corrected chi connectivity index (χ1v) is 8.30. The molecule has 1 atom stereocenters. The molecule has 2 N–H and O–H groups in total. The highest BCUT2D eigenvalue weighted by Gasteiger charge is 2.28. The maximum atomic E-state index is 11.6.